The van der Waals surface area contributed by atoms with E-state index in [1.165, 1.54) is 12.2 Å². The summed E-state index contributed by atoms with van der Waals surface area (Å²) in [5, 5.41) is 11.3. The van der Waals surface area contributed by atoms with Gasteiger partial charge in [0.1, 0.15) is 11.7 Å². The summed E-state index contributed by atoms with van der Waals surface area (Å²) in [5.41, 5.74) is 1.07. The maximum absolute atomic E-state index is 13.0. The quantitative estimate of drug-likeness (QED) is 0.836. The number of aliphatic hydroxyl groups is 1. The van der Waals surface area contributed by atoms with Crippen molar-refractivity contribution in [1.29, 1.82) is 0 Å². The predicted molar refractivity (Wildman–Crippen MR) is 93.6 cm³/mol. The molecular weight excluding hydrogens is 336 g/mol. The second-order valence-electron chi connectivity index (χ2n) is 6.15. The molecule has 2 aromatic carbocycles. The lowest BCUT2D eigenvalue weighted by Gasteiger charge is -2.27. The first kappa shape index (κ1) is 16.6. The van der Waals surface area contributed by atoms with Gasteiger partial charge in [0.15, 0.2) is 6.10 Å². The average molecular weight is 354 g/mol. The summed E-state index contributed by atoms with van der Waals surface area (Å²) in [6.45, 7) is -0.311. The summed E-state index contributed by atoms with van der Waals surface area (Å²) in [7, 11) is 1.48. The van der Waals surface area contributed by atoms with Crippen LogP contribution in [0.5, 0.6) is 5.75 Å². The third kappa shape index (κ3) is 2.36. The zero-order chi connectivity index (χ0) is 18.3. The van der Waals surface area contributed by atoms with Gasteiger partial charge in [0.25, 0.3) is 5.91 Å². The molecule has 134 valence electrons. The van der Waals surface area contributed by atoms with Crippen molar-refractivity contribution in [2.45, 2.75) is 12.1 Å². The summed E-state index contributed by atoms with van der Waals surface area (Å²) in [4.78, 5) is 32.9. The number of para-hydroxylation sites is 3. The molecule has 0 spiro atoms. The van der Waals surface area contributed by atoms with Crippen molar-refractivity contribution in [3.05, 3.63) is 54.6 Å². The average Bonchev–Trinajstić information content (AvgIpc) is 3.18. The molecule has 3 unspecified atom stereocenters. The molecule has 2 amide bonds. The van der Waals surface area contributed by atoms with E-state index in [2.05, 4.69) is 0 Å². The van der Waals surface area contributed by atoms with E-state index in [9.17, 15) is 14.7 Å². The molecule has 2 heterocycles. The SMILES string of the molecule is COc1ccccc1N1C(=O)C2ON(c3ccccc3)C(CO)C2C1=O. The zero-order valence-corrected chi connectivity index (χ0v) is 14.1. The van der Waals surface area contributed by atoms with Gasteiger partial charge in [-0.1, -0.05) is 30.3 Å². The molecular formula is C19H18N2O5. The third-order valence-electron chi connectivity index (χ3n) is 4.76. The smallest absolute Gasteiger partial charge is 0.266 e. The van der Waals surface area contributed by atoms with Crippen LogP contribution in [0, 0.1) is 5.92 Å². The number of ether oxygens (including phenoxy) is 1. The van der Waals surface area contributed by atoms with Crippen LogP contribution in [0.1, 0.15) is 0 Å². The van der Waals surface area contributed by atoms with Gasteiger partial charge >= 0.3 is 0 Å². The molecule has 0 bridgehead atoms. The van der Waals surface area contributed by atoms with Gasteiger partial charge < -0.3 is 9.84 Å². The standard InChI is InChI=1S/C19H18N2O5/c1-25-15-10-6-5-9-13(15)20-18(23)16-14(11-22)21(26-17(16)19(20)24)12-7-3-2-4-8-12/h2-10,14,16-17,22H,11H2,1H3. The highest BCUT2D eigenvalue weighted by Gasteiger charge is 2.60. The summed E-state index contributed by atoms with van der Waals surface area (Å²) in [6.07, 6.45) is -0.968. The van der Waals surface area contributed by atoms with Crippen molar-refractivity contribution in [3.8, 4) is 5.75 Å². The van der Waals surface area contributed by atoms with E-state index in [4.69, 9.17) is 9.57 Å². The molecule has 2 saturated heterocycles. The van der Waals surface area contributed by atoms with Crippen LogP contribution in [0.25, 0.3) is 0 Å². The molecule has 0 saturated carbocycles. The molecule has 7 heteroatoms. The Labute approximate surface area is 150 Å². The maximum Gasteiger partial charge on any atom is 0.266 e. The van der Waals surface area contributed by atoms with E-state index in [0.29, 0.717) is 17.1 Å². The molecule has 2 fully saturated rings. The van der Waals surface area contributed by atoms with Gasteiger partial charge in [-0.2, -0.15) is 0 Å². The Morgan fingerprint density at radius 2 is 1.73 bits per heavy atom. The van der Waals surface area contributed by atoms with E-state index in [1.54, 1.807) is 36.4 Å². The van der Waals surface area contributed by atoms with E-state index in [1.807, 2.05) is 18.2 Å². The number of amides is 2. The number of aliphatic hydroxyl groups excluding tert-OH is 1. The molecule has 2 aliphatic rings. The number of hydrogen-bond donors (Lipinski definition) is 1. The van der Waals surface area contributed by atoms with Gasteiger partial charge in [0, 0.05) is 0 Å². The largest absolute Gasteiger partial charge is 0.495 e. The van der Waals surface area contributed by atoms with Crippen LogP contribution >= 0.6 is 0 Å². The van der Waals surface area contributed by atoms with E-state index >= 15 is 0 Å². The van der Waals surface area contributed by atoms with E-state index < -0.39 is 29.9 Å². The number of rotatable bonds is 4. The van der Waals surface area contributed by atoms with Crippen LogP contribution in [-0.2, 0) is 14.4 Å². The van der Waals surface area contributed by atoms with Crippen molar-refractivity contribution < 1.29 is 24.3 Å². The van der Waals surface area contributed by atoms with Crippen LogP contribution in [0.4, 0.5) is 11.4 Å². The molecule has 4 rings (SSSR count). The van der Waals surface area contributed by atoms with E-state index in [-0.39, 0.29) is 6.61 Å². The molecule has 1 N–H and O–H groups in total. The van der Waals surface area contributed by atoms with Gasteiger partial charge in [-0.25, -0.2) is 9.96 Å². The van der Waals surface area contributed by atoms with Gasteiger partial charge in [-0.3, -0.25) is 14.4 Å². The van der Waals surface area contributed by atoms with Crippen molar-refractivity contribution in [3.63, 3.8) is 0 Å². The highest BCUT2D eigenvalue weighted by atomic mass is 16.7. The first-order valence-corrected chi connectivity index (χ1v) is 8.30. The highest BCUT2D eigenvalue weighted by molar-refractivity contribution is 6.24. The minimum Gasteiger partial charge on any atom is -0.495 e. The number of imide groups is 1. The Bertz CT molecular complexity index is 841. The number of anilines is 2. The summed E-state index contributed by atoms with van der Waals surface area (Å²) >= 11 is 0. The molecule has 7 nitrogen and oxygen atoms in total. The topological polar surface area (TPSA) is 79.3 Å². The Morgan fingerprint density at radius 1 is 1.04 bits per heavy atom. The van der Waals surface area contributed by atoms with Crippen molar-refractivity contribution >= 4 is 23.2 Å². The fourth-order valence-corrected chi connectivity index (χ4v) is 3.56. The third-order valence-corrected chi connectivity index (χ3v) is 4.76. The summed E-state index contributed by atoms with van der Waals surface area (Å²) < 4.78 is 5.27. The lowest BCUT2D eigenvalue weighted by Crippen LogP contribution is -2.42. The van der Waals surface area contributed by atoms with Crippen molar-refractivity contribution in [1.82, 2.24) is 0 Å². The zero-order valence-electron chi connectivity index (χ0n) is 14.1. The fourth-order valence-electron chi connectivity index (χ4n) is 3.56. The second-order valence-corrected chi connectivity index (χ2v) is 6.15. The van der Waals surface area contributed by atoms with Gasteiger partial charge in [-0.15, -0.1) is 0 Å². The van der Waals surface area contributed by atoms with Crippen LogP contribution in [0.3, 0.4) is 0 Å². The number of nitrogens with zero attached hydrogens (tertiary/aromatic N) is 2. The molecule has 2 aliphatic heterocycles. The van der Waals surface area contributed by atoms with Gasteiger partial charge in [-0.05, 0) is 24.3 Å². The number of carbonyl (C=O) groups excluding carboxylic acids is 2. The lowest BCUT2D eigenvalue weighted by atomic mass is 9.97. The number of hydroxylamine groups is 1. The Hall–Kier alpha value is -2.90. The molecule has 0 aliphatic carbocycles. The normalized spacial score (nSPS) is 24.9. The number of hydrogen-bond acceptors (Lipinski definition) is 6. The second kappa shape index (κ2) is 6.44. The van der Waals surface area contributed by atoms with E-state index in [0.717, 1.165) is 4.90 Å². The van der Waals surface area contributed by atoms with Crippen molar-refractivity contribution in [2.24, 2.45) is 5.92 Å². The predicted octanol–water partition coefficient (Wildman–Crippen LogP) is 1.37. The fraction of sp³-hybridized carbons (Fsp3) is 0.263. The number of methoxy groups -OCH3 is 1. The van der Waals surface area contributed by atoms with Crippen molar-refractivity contribution in [2.75, 3.05) is 23.7 Å². The number of benzene rings is 2. The molecule has 3 atom stereocenters. The molecule has 0 aromatic heterocycles. The molecule has 26 heavy (non-hydrogen) atoms. The Kier molecular flexibility index (Phi) is 4.10. The lowest BCUT2D eigenvalue weighted by molar-refractivity contribution is -0.126. The molecule has 2 aromatic rings. The van der Waals surface area contributed by atoms with Crippen LogP contribution in [-0.4, -0.2) is 42.8 Å². The van der Waals surface area contributed by atoms with Crippen LogP contribution < -0.4 is 14.7 Å². The molecule has 0 radical (unpaired) electrons. The number of fused-ring (bicyclic) bond motifs is 1. The van der Waals surface area contributed by atoms with Gasteiger partial charge in [0.05, 0.1) is 31.1 Å². The summed E-state index contributed by atoms with van der Waals surface area (Å²) in [6, 6.07) is 15.3. The van der Waals surface area contributed by atoms with Crippen LogP contribution in [0.15, 0.2) is 54.6 Å². The first-order valence-electron chi connectivity index (χ1n) is 8.30. The van der Waals surface area contributed by atoms with Crippen LogP contribution in [0.2, 0.25) is 0 Å². The Morgan fingerprint density at radius 3 is 2.42 bits per heavy atom. The first-order chi connectivity index (χ1) is 12.7. The maximum atomic E-state index is 13.0. The number of carbonyl (C=O) groups is 2. The Balaban J connectivity index is 1.70. The minimum absolute atomic E-state index is 0.311. The highest BCUT2D eigenvalue weighted by Crippen LogP contribution is 2.42. The summed E-state index contributed by atoms with van der Waals surface area (Å²) in [5.74, 6) is -1.21. The van der Waals surface area contributed by atoms with Gasteiger partial charge in [0.2, 0.25) is 5.91 Å². The minimum atomic E-state index is -0.968. The monoisotopic (exact) mass is 354 g/mol.